The van der Waals surface area contributed by atoms with Crippen molar-refractivity contribution in [2.45, 2.75) is 20.0 Å². The highest BCUT2D eigenvalue weighted by Gasteiger charge is 2.12. The second-order valence-electron chi connectivity index (χ2n) is 5.19. The van der Waals surface area contributed by atoms with Crippen molar-refractivity contribution >= 4 is 17.6 Å². The van der Waals surface area contributed by atoms with Crippen LogP contribution in [0.2, 0.25) is 0 Å². The average molecular weight is 313 g/mol. The van der Waals surface area contributed by atoms with Crippen molar-refractivity contribution in [1.82, 2.24) is 0 Å². The van der Waals surface area contributed by atoms with Crippen molar-refractivity contribution in [3.05, 3.63) is 59.7 Å². The zero-order chi connectivity index (χ0) is 16.8. The van der Waals surface area contributed by atoms with Crippen LogP contribution in [0.15, 0.2) is 48.5 Å². The number of para-hydroxylation sites is 2. The van der Waals surface area contributed by atoms with Crippen LogP contribution in [0.1, 0.15) is 34.6 Å². The summed E-state index contributed by atoms with van der Waals surface area (Å²) in [5.41, 5.74) is 1.44. The summed E-state index contributed by atoms with van der Waals surface area (Å²) in [4.78, 5) is 23.7. The fourth-order valence-electron chi connectivity index (χ4n) is 2.00. The number of carbonyl (C=O) groups is 2. The molecule has 0 spiro atoms. The molecule has 1 N–H and O–H groups in total. The average Bonchev–Trinajstić information content (AvgIpc) is 2.55. The maximum Gasteiger partial charge on any atom is 0.337 e. The van der Waals surface area contributed by atoms with Gasteiger partial charge in [-0.1, -0.05) is 12.1 Å². The second kappa shape index (κ2) is 7.45. The largest absolute Gasteiger partial charge is 0.489 e. The second-order valence-corrected chi connectivity index (χ2v) is 5.19. The Morgan fingerprint density at radius 1 is 0.957 bits per heavy atom. The topological polar surface area (TPSA) is 64.6 Å². The van der Waals surface area contributed by atoms with Gasteiger partial charge in [0.2, 0.25) is 0 Å². The molecule has 0 aromatic heterocycles. The maximum atomic E-state index is 12.3. The van der Waals surface area contributed by atoms with E-state index in [2.05, 4.69) is 10.1 Å². The Labute approximate surface area is 135 Å². The Morgan fingerprint density at radius 2 is 1.57 bits per heavy atom. The Morgan fingerprint density at radius 3 is 2.17 bits per heavy atom. The van der Waals surface area contributed by atoms with Crippen molar-refractivity contribution < 1.29 is 19.1 Å². The highest BCUT2D eigenvalue weighted by atomic mass is 16.5. The smallest absolute Gasteiger partial charge is 0.337 e. The number of methoxy groups -OCH3 is 1. The van der Waals surface area contributed by atoms with Gasteiger partial charge in [0.05, 0.1) is 24.5 Å². The van der Waals surface area contributed by atoms with Crippen LogP contribution < -0.4 is 10.1 Å². The lowest BCUT2D eigenvalue weighted by atomic mass is 10.1. The van der Waals surface area contributed by atoms with Crippen molar-refractivity contribution in [2.24, 2.45) is 0 Å². The quantitative estimate of drug-likeness (QED) is 0.858. The van der Waals surface area contributed by atoms with Gasteiger partial charge in [0, 0.05) is 5.56 Å². The molecule has 5 nitrogen and oxygen atoms in total. The maximum absolute atomic E-state index is 12.3. The summed E-state index contributed by atoms with van der Waals surface area (Å²) in [6.45, 7) is 3.84. The first-order valence-corrected chi connectivity index (χ1v) is 7.26. The van der Waals surface area contributed by atoms with E-state index in [1.165, 1.54) is 7.11 Å². The number of amides is 1. The molecule has 1 amide bonds. The molecule has 0 bridgehead atoms. The van der Waals surface area contributed by atoms with E-state index in [9.17, 15) is 9.59 Å². The van der Waals surface area contributed by atoms with Gasteiger partial charge in [0.1, 0.15) is 5.75 Å². The van der Waals surface area contributed by atoms with Gasteiger partial charge in [0.15, 0.2) is 0 Å². The lowest BCUT2D eigenvalue weighted by molar-refractivity contribution is 0.0600. The zero-order valence-electron chi connectivity index (χ0n) is 13.3. The number of esters is 1. The third kappa shape index (κ3) is 4.32. The Bertz CT molecular complexity index is 692. The minimum absolute atomic E-state index is 0.00684. The van der Waals surface area contributed by atoms with Gasteiger partial charge in [-0.3, -0.25) is 4.79 Å². The summed E-state index contributed by atoms with van der Waals surface area (Å²) in [5.74, 6) is -0.101. The van der Waals surface area contributed by atoms with E-state index in [1.54, 1.807) is 36.4 Å². The number of benzene rings is 2. The number of carbonyl (C=O) groups excluding carboxylic acids is 2. The number of rotatable bonds is 5. The first-order chi connectivity index (χ1) is 11.0. The van der Waals surface area contributed by atoms with E-state index in [-0.39, 0.29) is 12.0 Å². The predicted molar refractivity (Wildman–Crippen MR) is 87.9 cm³/mol. The van der Waals surface area contributed by atoms with Gasteiger partial charge in [-0.2, -0.15) is 0 Å². The summed E-state index contributed by atoms with van der Waals surface area (Å²) < 4.78 is 10.3. The number of hydrogen-bond acceptors (Lipinski definition) is 4. The summed E-state index contributed by atoms with van der Waals surface area (Å²) in [5, 5.41) is 2.81. The zero-order valence-corrected chi connectivity index (χ0v) is 13.3. The van der Waals surface area contributed by atoms with E-state index >= 15 is 0 Å². The monoisotopic (exact) mass is 313 g/mol. The molecule has 0 aliphatic carbocycles. The molecule has 0 saturated heterocycles. The third-order valence-electron chi connectivity index (χ3n) is 3.07. The van der Waals surface area contributed by atoms with Gasteiger partial charge < -0.3 is 14.8 Å². The molecule has 0 aliphatic rings. The first kappa shape index (κ1) is 16.5. The minimum Gasteiger partial charge on any atom is -0.489 e. The molecule has 0 radical (unpaired) electrons. The molecule has 23 heavy (non-hydrogen) atoms. The molecule has 0 saturated carbocycles. The van der Waals surface area contributed by atoms with Gasteiger partial charge in [-0.15, -0.1) is 0 Å². The van der Waals surface area contributed by atoms with Crippen molar-refractivity contribution in [3.63, 3.8) is 0 Å². The molecule has 0 fully saturated rings. The molecule has 120 valence electrons. The normalized spacial score (nSPS) is 10.3. The standard InChI is InChI=1S/C18H19NO4/c1-12(2)23-16-7-5-4-6-15(16)19-17(20)13-8-10-14(11-9-13)18(21)22-3/h4-12H,1-3H3,(H,19,20). The fraction of sp³-hybridized carbons (Fsp3) is 0.222. The van der Waals surface area contributed by atoms with Crippen LogP contribution >= 0.6 is 0 Å². The summed E-state index contributed by atoms with van der Waals surface area (Å²) in [6.07, 6.45) is 0.00684. The van der Waals surface area contributed by atoms with E-state index in [4.69, 9.17) is 4.74 Å². The van der Waals surface area contributed by atoms with Gasteiger partial charge >= 0.3 is 5.97 Å². The molecule has 2 aromatic carbocycles. The van der Waals surface area contributed by atoms with Crippen LogP contribution in [0.5, 0.6) is 5.75 Å². The summed E-state index contributed by atoms with van der Waals surface area (Å²) in [7, 11) is 1.31. The van der Waals surface area contributed by atoms with Crippen molar-refractivity contribution in [1.29, 1.82) is 0 Å². The van der Waals surface area contributed by atoms with Gasteiger partial charge in [-0.25, -0.2) is 4.79 Å². The summed E-state index contributed by atoms with van der Waals surface area (Å²) in [6, 6.07) is 13.5. The Hall–Kier alpha value is -2.82. The van der Waals surface area contributed by atoms with Crippen LogP contribution in [-0.4, -0.2) is 25.1 Å². The number of hydrogen-bond donors (Lipinski definition) is 1. The number of anilines is 1. The summed E-state index contributed by atoms with van der Waals surface area (Å²) >= 11 is 0. The third-order valence-corrected chi connectivity index (χ3v) is 3.07. The van der Waals surface area contributed by atoms with E-state index in [0.29, 0.717) is 22.6 Å². The minimum atomic E-state index is -0.437. The SMILES string of the molecule is COC(=O)c1ccc(C(=O)Nc2ccccc2OC(C)C)cc1. The number of ether oxygens (including phenoxy) is 2. The molecule has 5 heteroatoms. The van der Waals surface area contributed by atoms with Crippen molar-refractivity contribution in [3.8, 4) is 5.75 Å². The lowest BCUT2D eigenvalue weighted by Crippen LogP contribution is -2.14. The molecule has 0 atom stereocenters. The van der Waals surface area contributed by atoms with Crippen LogP contribution in [-0.2, 0) is 4.74 Å². The van der Waals surface area contributed by atoms with Crippen LogP contribution in [0, 0.1) is 0 Å². The Balaban J connectivity index is 2.15. The Kier molecular flexibility index (Phi) is 5.36. The van der Waals surface area contributed by atoms with Crippen LogP contribution in [0.25, 0.3) is 0 Å². The van der Waals surface area contributed by atoms with E-state index in [0.717, 1.165) is 0 Å². The first-order valence-electron chi connectivity index (χ1n) is 7.26. The van der Waals surface area contributed by atoms with Crippen molar-refractivity contribution in [2.75, 3.05) is 12.4 Å². The van der Waals surface area contributed by atoms with Crippen LogP contribution in [0.4, 0.5) is 5.69 Å². The van der Waals surface area contributed by atoms with Gasteiger partial charge in [-0.05, 0) is 50.2 Å². The highest BCUT2D eigenvalue weighted by molar-refractivity contribution is 6.05. The van der Waals surface area contributed by atoms with E-state index in [1.807, 2.05) is 26.0 Å². The van der Waals surface area contributed by atoms with E-state index < -0.39 is 5.97 Å². The molecular formula is C18H19NO4. The lowest BCUT2D eigenvalue weighted by Gasteiger charge is -2.14. The molecule has 0 unspecified atom stereocenters. The fourth-order valence-corrected chi connectivity index (χ4v) is 2.00. The van der Waals surface area contributed by atoms with Gasteiger partial charge in [0.25, 0.3) is 5.91 Å². The molecule has 0 heterocycles. The predicted octanol–water partition coefficient (Wildman–Crippen LogP) is 3.51. The highest BCUT2D eigenvalue weighted by Crippen LogP contribution is 2.25. The molecule has 0 aliphatic heterocycles. The number of nitrogens with one attached hydrogen (secondary N) is 1. The molecule has 2 aromatic rings. The van der Waals surface area contributed by atoms with Crippen LogP contribution in [0.3, 0.4) is 0 Å². The molecule has 2 rings (SSSR count). The molecular weight excluding hydrogens is 294 g/mol.